The minimum Gasteiger partial charge on any atom is -0.496 e. The van der Waals surface area contributed by atoms with Gasteiger partial charge in [-0.3, -0.25) is 4.79 Å². The monoisotopic (exact) mass is 350 g/mol. The number of carbonyl (C=O) groups excluding carboxylic acids is 1. The number of carbonyl (C=O) groups is 1. The van der Waals surface area contributed by atoms with E-state index in [1.807, 2.05) is 18.2 Å². The van der Waals surface area contributed by atoms with Crippen molar-refractivity contribution in [3.8, 4) is 5.75 Å². The Hall–Kier alpha value is -1.58. The average molecular weight is 352 g/mol. The Labute approximate surface area is 131 Å². The van der Waals surface area contributed by atoms with Gasteiger partial charge in [0.15, 0.2) is 5.78 Å². The molecular weight excluding hydrogens is 340 g/mol. The second kappa shape index (κ2) is 6.73. The highest BCUT2D eigenvalue weighted by Gasteiger charge is 2.02. The predicted octanol–water partition coefficient (Wildman–Crippen LogP) is 5.01. The van der Waals surface area contributed by atoms with Crippen LogP contribution in [0, 0.1) is 0 Å². The Morgan fingerprint density at radius 2 is 1.90 bits per heavy atom. The number of ether oxygens (including phenoxy) is 1. The van der Waals surface area contributed by atoms with Crippen LogP contribution >= 0.6 is 27.5 Å². The first kappa shape index (κ1) is 14.8. The fourth-order valence-electron chi connectivity index (χ4n) is 1.67. The van der Waals surface area contributed by atoms with E-state index < -0.39 is 0 Å². The van der Waals surface area contributed by atoms with E-state index in [1.54, 1.807) is 37.5 Å². The minimum absolute atomic E-state index is 0.0615. The van der Waals surface area contributed by atoms with Crippen LogP contribution in [0.4, 0.5) is 0 Å². The van der Waals surface area contributed by atoms with Crippen molar-refractivity contribution in [2.24, 2.45) is 0 Å². The molecule has 2 rings (SSSR count). The van der Waals surface area contributed by atoms with E-state index >= 15 is 0 Å². The molecular formula is C16H12BrClO2. The molecule has 0 amide bonds. The molecule has 0 saturated carbocycles. The largest absolute Gasteiger partial charge is 0.496 e. The molecule has 2 aromatic carbocycles. The lowest BCUT2D eigenvalue weighted by Gasteiger charge is -2.03. The van der Waals surface area contributed by atoms with Crippen molar-refractivity contribution in [1.82, 2.24) is 0 Å². The molecule has 0 heterocycles. The first-order valence-corrected chi connectivity index (χ1v) is 7.09. The lowest BCUT2D eigenvalue weighted by atomic mass is 10.1. The smallest absolute Gasteiger partial charge is 0.185 e. The molecule has 0 atom stereocenters. The van der Waals surface area contributed by atoms with Crippen LogP contribution in [-0.2, 0) is 0 Å². The zero-order valence-electron chi connectivity index (χ0n) is 10.8. The Morgan fingerprint density at radius 1 is 1.20 bits per heavy atom. The van der Waals surface area contributed by atoms with E-state index in [-0.39, 0.29) is 5.78 Å². The number of allylic oxidation sites excluding steroid dienone is 1. The molecule has 0 aliphatic heterocycles. The van der Waals surface area contributed by atoms with Crippen LogP contribution in [-0.4, -0.2) is 12.9 Å². The van der Waals surface area contributed by atoms with Crippen molar-refractivity contribution in [3.05, 3.63) is 69.2 Å². The first-order valence-electron chi connectivity index (χ1n) is 5.91. The highest BCUT2D eigenvalue weighted by Crippen LogP contribution is 2.26. The molecule has 0 fully saturated rings. The number of methoxy groups -OCH3 is 1. The Balaban J connectivity index is 2.14. The van der Waals surface area contributed by atoms with Gasteiger partial charge in [-0.05, 0) is 64.0 Å². The summed E-state index contributed by atoms with van der Waals surface area (Å²) >= 11 is 9.20. The van der Waals surface area contributed by atoms with E-state index in [9.17, 15) is 4.79 Å². The lowest BCUT2D eigenvalue weighted by Crippen LogP contribution is -1.93. The molecule has 2 nitrogen and oxygen atoms in total. The molecule has 2 aromatic rings. The van der Waals surface area contributed by atoms with E-state index in [0.29, 0.717) is 10.6 Å². The van der Waals surface area contributed by atoms with Gasteiger partial charge in [-0.25, -0.2) is 0 Å². The molecule has 102 valence electrons. The average Bonchev–Trinajstić information content (AvgIpc) is 2.45. The third-order valence-electron chi connectivity index (χ3n) is 2.73. The van der Waals surface area contributed by atoms with Gasteiger partial charge in [0.05, 0.1) is 11.6 Å². The SMILES string of the molecule is COc1ccc(C=CC(=O)c2ccc(Cl)cc2)cc1Br. The summed E-state index contributed by atoms with van der Waals surface area (Å²) in [4.78, 5) is 12.0. The summed E-state index contributed by atoms with van der Waals surface area (Å²) in [6.45, 7) is 0. The maximum atomic E-state index is 12.0. The molecule has 0 radical (unpaired) electrons. The predicted molar refractivity (Wildman–Crippen MR) is 85.5 cm³/mol. The highest BCUT2D eigenvalue weighted by molar-refractivity contribution is 9.10. The number of hydrogen-bond acceptors (Lipinski definition) is 2. The third-order valence-corrected chi connectivity index (χ3v) is 3.60. The van der Waals surface area contributed by atoms with Crippen LogP contribution in [0.15, 0.2) is 53.0 Å². The molecule has 0 saturated heterocycles. The minimum atomic E-state index is -0.0615. The fourth-order valence-corrected chi connectivity index (χ4v) is 2.35. The zero-order valence-corrected chi connectivity index (χ0v) is 13.1. The van der Waals surface area contributed by atoms with Crippen molar-refractivity contribution in [2.45, 2.75) is 0 Å². The Bertz CT molecular complexity index is 648. The van der Waals surface area contributed by atoms with Crippen LogP contribution in [0.1, 0.15) is 15.9 Å². The van der Waals surface area contributed by atoms with Crippen molar-refractivity contribution in [2.75, 3.05) is 7.11 Å². The van der Waals surface area contributed by atoms with E-state index in [4.69, 9.17) is 16.3 Å². The molecule has 0 aromatic heterocycles. The summed E-state index contributed by atoms with van der Waals surface area (Å²) in [6, 6.07) is 12.4. The van der Waals surface area contributed by atoms with E-state index in [2.05, 4.69) is 15.9 Å². The number of halogens is 2. The molecule has 0 aliphatic rings. The van der Waals surface area contributed by atoms with Crippen molar-refractivity contribution >= 4 is 39.4 Å². The van der Waals surface area contributed by atoms with E-state index in [0.717, 1.165) is 15.8 Å². The highest BCUT2D eigenvalue weighted by atomic mass is 79.9. The normalized spacial score (nSPS) is 10.8. The summed E-state index contributed by atoms with van der Waals surface area (Å²) in [6.07, 6.45) is 3.30. The number of ketones is 1. The van der Waals surface area contributed by atoms with Crippen molar-refractivity contribution in [1.29, 1.82) is 0 Å². The summed E-state index contributed by atoms with van der Waals surface area (Å²) in [5, 5.41) is 0.615. The second-order valence-electron chi connectivity index (χ2n) is 4.10. The molecule has 0 unspecified atom stereocenters. The van der Waals surface area contributed by atoms with Gasteiger partial charge in [-0.2, -0.15) is 0 Å². The van der Waals surface area contributed by atoms with Gasteiger partial charge >= 0.3 is 0 Å². The number of benzene rings is 2. The summed E-state index contributed by atoms with van der Waals surface area (Å²) in [5.74, 6) is 0.694. The van der Waals surface area contributed by atoms with Gasteiger partial charge in [0.1, 0.15) is 5.75 Å². The maximum absolute atomic E-state index is 12.0. The molecule has 0 spiro atoms. The van der Waals surface area contributed by atoms with Gasteiger partial charge in [-0.15, -0.1) is 0 Å². The lowest BCUT2D eigenvalue weighted by molar-refractivity contribution is 0.104. The first-order chi connectivity index (χ1) is 9.60. The van der Waals surface area contributed by atoms with Gasteiger partial charge < -0.3 is 4.74 Å². The Morgan fingerprint density at radius 3 is 2.50 bits per heavy atom. The summed E-state index contributed by atoms with van der Waals surface area (Å²) in [7, 11) is 1.61. The van der Waals surface area contributed by atoms with Gasteiger partial charge in [0, 0.05) is 10.6 Å². The second-order valence-corrected chi connectivity index (χ2v) is 5.39. The molecule has 4 heteroatoms. The van der Waals surface area contributed by atoms with Gasteiger partial charge in [0.2, 0.25) is 0 Å². The van der Waals surface area contributed by atoms with Gasteiger partial charge in [0.25, 0.3) is 0 Å². The maximum Gasteiger partial charge on any atom is 0.185 e. The van der Waals surface area contributed by atoms with Crippen LogP contribution in [0.3, 0.4) is 0 Å². The van der Waals surface area contributed by atoms with Crippen LogP contribution in [0.2, 0.25) is 5.02 Å². The molecule has 0 N–H and O–H groups in total. The van der Waals surface area contributed by atoms with Crippen molar-refractivity contribution < 1.29 is 9.53 Å². The number of rotatable bonds is 4. The van der Waals surface area contributed by atoms with E-state index in [1.165, 1.54) is 6.08 Å². The fraction of sp³-hybridized carbons (Fsp3) is 0.0625. The third kappa shape index (κ3) is 3.71. The zero-order chi connectivity index (χ0) is 14.5. The molecule has 0 aliphatic carbocycles. The van der Waals surface area contributed by atoms with Crippen LogP contribution < -0.4 is 4.74 Å². The summed E-state index contributed by atoms with van der Waals surface area (Å²) in [5.41, 5.74) is 1.53. The number of hydrogen-bond donors (Lipinski definition) is 0. The van der Waals surface area contributed by atoms with Crippen LogP contribution in [0.25, 0.3) is 6.08 Å². The Kier molecular flexibility index (Phi) is 4.99. The standard InChI is InChI=1S/C16H12BrClO2/c1-20-16-9-3-11(10-14(16)17)2-8-15(19)12-4-6-13(18)7-5-12/h2-10H,1H3. The molecule has 0 bridgehead atoms. The van der Waals surface area contributed by atoms with Crippen LogP contribution in [0.5, 0.6) is 5.75 Å². The topological polar surface area (TPSA) is 26.3 Å². The van der Waals surface area contributed by atoms with Gasteiger partial charge in [-0.1, -0.05) is 23.7 Å². The molecule has 20 heavy (non-hydrogen) atoms. The van der Waals surface area contributed by atoms with Crippen molar-refractivity contribution in [3.63, 3.8) is 0 Å². The summed E-state index contributed by atoms with van der Waals surface area (Å²) < 4.78 is 6.00. The quantitative estimate of drug-likeness (QED) is 0.572.